The first kappa shape index (κ1) is 13.1. The minimum Gasteiger partial charge on any atom is -0.474 e. The molecule has 1 aliphatic rings. The van der Waals surface area contributed by atoms with E-state index in [1.165, 1.54) is 12.8 Å². The molecule has 0 atom stereocenters. The SMILES string of the molecule is CCNc1nc(CC)nc(OC2CCCC2)c1C. The first-order valence-electron chi connectivity index (χ1n) is 7.02. The largest absolute Gasteiger partial charge is 0.474 e. The molecule has 0 unspecified atom stereocenters. The van der Waals surface area contributed by atoms with Crippen LogP contribution >= 0.6 is 0 Å². The molecule has 0 saturated heterocycles. The van der Waals surface area contributed by atoms with Crippen molar-refractivity contribution in [2.75, 3.05) is 11.9 Å². The molecule has 1 saturated carbocycles. The summed E-state index contributed by atoms with van der Waals surface area (Å²) in [5, 5.41) is 3.28. The molecule has 1 fully saturated rings. The Hall–Kier alpha value is -1.32. The molecule has 0 spiro atoms. The van der Waals surface area contributed by atoms with Crippen LogP contribution in [0.5, 0.6) is 5.88 Å². The Balaban J connectivity index is 2.23. The molecule has 18 heavy (non-hydrogen) atoms. The minimum atomic E-state index is 0.345. The summed E-state index contributed by atoms with van der Waals surface area (Å²) in [6.07, 6.45) is 6.03. The van der Waals surface area contributed by atoms with Crippen LogP contribution < -0.4 is 10.1 Å². The third kappa shape index (κ3) is 2.92. The van der Waals surface area contributed by atoms with E-state index in [0.717, 1.165) is 48.9 Å². The number of aryl methyl sites for hydroxylation is 1. The van der Waals surface area contributed by atoms with Gasteiger partial charge in [-0.2, -0.15) is 4.98 Å². The molecule has 1 aromatic heterocycles. The van der Waals surface area contributed by atoms with E-state index in [4.69, 9.17) is 4.74 Å². The van der Waals surface area contributed by atoms with Crippen LogP contribution in [0.25, 0.3) is 0 Å². The molecule has 0 aromatic carbocycles. The Morgan fingerprint density at radius 3 is 2.56 bits per heavy atom. The van der Waals surface area contributed by atoms with Gasteiger partial charge in [0.05, 0.1) is 5.56 Å². The highest BCUT2D eigenvalue weighted by molar-refractivity contribution is 5.48. The van der Waals surface area contributed by atoms with Crippen LogP contribution in [0.15, 0.2) is 0 Å². The van der Waals surface area contributed by atoms with Gasteiger partial charge in [-0.05, 0) is 39.5 Å². The fourth-order valence-electron chi connectivity index (χ4n) is 2.32. The average Bonchev–Trinajstić information content (AvgIpc) is 2.87. The van der Waals surface area contributed by atoms with Crippen molar-refractivity contribution >= 4 is 5.82 Å². The molecule has 4 heteroatoms. The topological polar surface area (TPSA) is 47.0 Å². The van der Waals surface area contributed by atoms with Crippen LogP contribution in [0.2, 0.25) is 0 Å². The highest BCUT2D eigenvalue weighted by Crippen LogP contribution is 2.27. The van der Waals surface area contributed by atoms with Gasteiger partial charge in [0.2, 0.25) is 5.88 Å². The van der Waals surface area contributed by atoms with Crippen LogP contribution in [-0.2, 0) is 6.42 Å². The van der Waals surface area contributed by atoms with Gasteiger partial charge >= 0.3 is 0 Å². The van der Waals surface area contributed by atoms with Gasteiger partial charge in [0, 0.05) is 13.0 Å². The van der Waals surface area contributed by atoms with Crippen molar-refractivity contribution in [3.63, 3.8) is 0 Å². The molecule has 0 radical (unpaired) electrons. The number of aromatic nitrogens is 2. The summed E-state index contributed by atoms with van der Waals surface area (Å²) >= 11 is 0. The summed E-state index contributed by atoms with van der Waals surface area (Å²) in [5.41, 5.74) is 1.03. The number of nitrogens with zero attached hydrogens (tertiary/aromatic N) is 2. The summed E-state index contributed by atoms with van der Waals surface area (Å²) in [6, 6.07) is 0. The smallest absolute Gasteiger partial charge is 0.222 e. The van der Waals surface area contributed by atoms with Crippen molar-refractivity contribution < 1.29 is 4.74 Å². The Morgan fingerprint density at radius 2 is 1.94 bits per heavy atom. The van der Waals surface area contributed by atoms with Crippen molar-refractivity contribution in [3.05, 3.63) is 11.4 Å². The fraction of sp³-hybridized carbons (Fsp3) is 0.714. The molecular weight excluding hydrogens is 226 g/mol. The lowest BCUT2D eigenvalue weighted by atomic mass is 10.3. The van der Waals surface area contributed by atoms with E-state index in [0.29, 0.717) is 6.10 Å². The zero-order valence-corrected chi connectivity index (χ0v) is 11.6. The minimum absolute atomic E-state index is 0.345. The zero-order chi connectivity index (χ0) is 13.0. The van der Waals surface area contributed by atoms with Crippen LogP contribution in [0, 0.1) is 6.92 Å². The van der Waals surface area contributed by atoms with Crippen molar-refractivity contribution in [1.82, 2.24) is 9.97 Å². The molecule has 0 aliphatic heterocycles. The van der Waals surface area contributed by atoms with Gasteiger partial charge in [-0.3, -0.25) is 0 Å². The van der Waals surface area contributed by atoms with Crippen molar-refractivity contribution in [2.45, 2.75) is 59.0 Å². The number of anilines is 1. The van der Waals surface area contributed by atoms with Crippen molar-refractivity contribution in [3.8, 4) is 5.88 Å². The third-order valence-electron chi connectivity index (χ3n) is 3.39. The quantitative estimate of drug-likeness (QED) is 0.871. The summed E-state index contributed by atoms with van der Waals surface area (Å²) in [5.74, 6) is 2.53. The maximum atomic E-state index is 6.04. The number of rotatable bonds is 5. The van der Waals surface area contributed by atoms with Gasteiger partial charge in [-0.1, -0.05) is 6.92 Å². The number of hydrogen-bond acceptors (Lipinski definition) is 4. The second kappa shape index (κ2) is 6.03. The standard InChI is InChI=1S/C14H23N3O/c1-4-12-16-13(15-5-2)10(3)14(17-12)18-11-8-6-7-9-11/h11H,4-9H2,1-3H3,(H,15,16,17). The third-order valence-corrected chi connectivity index (χ3v) is 3.39. The summed E-state index contributed by atoms with van der Waals surface area (Å²) in [7, 11) is 0. The van der Waals surface area contributed by atoms with Gasteiger partial charge in [0.1, 0.15) is 17.7 Å². The molecule has 100 valence electrons. The predicted octanol–water partition coefficient (Wildman–Crippen LogP) is 3.10. The second-order valence-corrected chi connectivity index (χ2v) is 4.83. The molecule has 1 aliphatic carbocycles. The lowest BCUT2D eigenvalue weighted by molar-refractivity contribution is 0.199. The lowest BCUT2D eigenvalue weighted by Gasteiger charge is -2.17. The Labute approximate surface area is 109 Å². The summed E-state index contributed by atoms with van der Waals surface area (Å²) < 4.78 is 6.04. The molecule has 1 aromatic rings. The average molecular weight is 249 g/mol. The fourth-order valence-corrected chi connectivity index (χ4v) is 2.32. The first-order valence-corrected chi connectivity index (χ1v) is 7.02. The van der Waals surface area contributed by atoms with Crippen molar-refractivity contribution in [1.29, 1.82) is 0 Å². The van der Waals surface area contributed by atoms with Gasteiger partial charge in [-0.25, -0.2) is 4.98 Å². The maximum Gasteiger partial charge on any atom is 0.222 e. The van der Waals surface area contributed by atoms with E-state index < -0.39 is 0 Å². The Kier molecular flexibility index (Phi) is 4.39. The van der Waals surface area contributed by atoms with Gasteiger partial charge in [0.25, 0.3) is 0 Å². The molecule has 2 rings (SSSR count). The van der Waals surface area contributed by atoms with Crippen LogP contribution in [0.1, 0.15) is 50.9 Å². The molecule has 0 bridgehead atoms. The molecule has 1 heterocycles. The van der Waals surface area contributed by atoms with E-state index in [2.05, 4.69) is 29.1 Å². The monoisotopic (exact) mass is 249 g/mol. The molecule has 4 nitrogen and oxygen atoms in total. The maximum absolute atomic E-state index is 6.04. The second-order valence-electron chi connectivity index (χ2n) is 4.83. The Morgan fingerprint density at radius 1 is 1.22 bits per heavy atom. The number of nitrogens with one attached hydrogen (secondary N) is 1. The van der Waals surface area contributed by atoms with Gasteiger partial charge < -0.3 is 10.1 Å². The molecular formula is C14H23N3O. The highest BCUT2D eigenvalue weighted by atomic mass is 16.5. The van der Waals surface area contributed by atoms with E-state index in [1.54, 1.807) is 0 Å². The molecule has 1 N–H and O–H groups in total. The normalized spacial score (nSPS) is 15.9. The number of ether oxygens (including phenoxy) is 1. The van der Waals surface area contributed by atoms with Gasteiger partial charge in [-0.15, -0.1) is 0 Å². The summed E-state index contributed by atoms with van der Waals surface area (Å²) in [6.45, 7) is 7.04. The zero-order valence-electron chi connectivity index (χ0n) is 11.6. The van der Waals surface area contributed by atoms with Crippen LogP contribution in [-0.4, -0.2) is 22.6 Å². The van der Waals surface area contributed by atoms with E-state index in [-0.39, 0.29) is 0 Å². The molecule has 0 amide bonds. The lowest BCUT2D eigenvalue weighted by Crippen LogP contribution is -2.15. The van der Waals surface area contributed by atoms with E-state index in [9.17, 15) is 0 Å². The van der Waals surface area contributed by atoms with Crippen LogP contribution in [0.3, 0.4) is 0 Å². The van der Waals surface area contributed by atoms with E-state index in [1.807, 2.05) is 6.92 Å². The number of hydrogen-bond donors (Lipinski definition) is 1. The Bertz CT molecular complexity index is 400. The highest BCUT2D eigenvalue weighted by Gasteiger charge is 2.19. The van der Waals surface area contributed by atoms with E-state index >= 15 is 0 Å². The van der Waals surface area contributed by atoms with Crippen molar-refractivity contribution in [2.24, 2.45) is 0 Å². The van der Waals surface area contributed by atoms with Gasteiger partial charge in [0.15, 0.2) is 0 Å². The summed E-state index contributed by atoms with van der Waals surface area (Å²) in [4.78, 5) is 9.04. The predicted molar refractivity (Wildman–Crippen MR) is 73.2 cm³/mol. The van der Waals surface area contributed by atoms with Crippen LogP contribution in [0.4, 0.5) is 5.82 Å². The first-order chi connectivity index (χ1) is 8.74.